The van der Waals surface area contributed by atoms with Gasteiger partial charge in [-0.3, -0.25) is 9.59 Å². The van der Waals surface area contributed by atoms with Crippen LogP contribution in [0.2, 0.25) is 0 Å². The highest BCUT2D eigenvalue weighted by Gasteiger charge is 2.39. The van der Waals surface area contributed by atoms with Crippen LogP contribution in [0.3, 0.4) is 0 Å². The summed E-state index contributed by atoms with van der Waals surface area (Å²) in [5.74, 6) is 0.0468. The Morgan fingerprint density at radius 2 is 1.62 bits per heavy atom. The third-order valence-corrected chi connectivity index (χ3v) is 4.10. The van der Waals surface area contributed by atoms with E-state index in [1.54, 1.807) is 4.90 Å². The molecule has 21 heavy (non-hydrogen) atoms. The molecule has 1 aliphatic rings. The van der Waals surface area contributed by atoms with Gasteiger partial charge in [-0.2, -0.15) is 0 Å². The van der Waals surface area contributed by atoms with Crippen LogP contribution in [-0.4, -0.2) is 35.8 Å². The van der Waals surface area contributed by atoms with Crippen molar-refractivity contribution in [1.29, 1.82) is 0 Å². The first-order chi connectivity index (χ1) is 9.86. The van der Waals surface area contributed by atoms with Crippen molar-refractivity contribution in [2.24, 2.45) is 5.41 Å². The molecule has 1 rings (SSSR count). The average Bonchev–Trinajstić information content (AvgIpc) is 2.39. The Balaban J connectivity index is 2.33. The first kappa shape index (κ1) is 18.0. The molecule has 0 aliphatic carbocycles. The van der Waals surface area contributed by atoms with E-state index < -0.39 is 0 Å². The number of rotatable bonds is 8. The van der Waals surface area contributed by atoms with E-state index in [-0.39, 0.29) is 29.8 Å². The van der Waals surface area contributed by atoms with E-state index >= 15 is 0 Å². The van der Waals surface area contributed by atoms with Gasteiger partial charge in [-0.15, -0.1) is 0 Å². The van der Waals surface area contributed by atoms with Crippen LogP contribution in [0.4, 0.5) is 0 Å². The molecule has 0 radical (unpaired) electrons. The molecule has 0 bridgehead atoms. The first-order valence-electron chi connectivity index (χ1n) is 8.44. The molecule has 0 aromatic heterocycles. The molecule has 0 aromatic rings. The molecule has 0 saturated carbocycles. The summed E-state index contributed by atoms with van der Waals surface area (Å²) in [5, 5.41) is 2.83. The highest BCUT2D eigenvalue weighted by Crippen LogP contribution is 2.23. The van der Waals surface area contributed by atoms with Crippen molar-refractivity contribution in [1.82, 2.24) is 10.2 Å². The fourth-order valence-corrected chi connectivity index (χ4v) is 2.74. The Labute approximate surface area is 129 Å². The summed E-state index contributed by atoms with van der Waals surface area (Å²) >= 11 is 0. The SMILES string of the molecule is CCCCCCCCCN1CC(=O)NC(C(C)(C)C)C1=O. The number of piperazine rings is 1. The molecule has 4 nitrogen and oxygen atoms in total. The quantitative estimate of drug-likeness (QED) is 0.700. The average molecular weight is 296 g/mol. The number of unbranched alkanes of at least 4 members (excludes halogenated alkanes) is 6. The number of nitrogens with one attached hydrogen (secondary N) is 1. The lowest BCUT2D eigenvalue weighted by molar-refractivity contribution is -0.147. The molecule has 4 heteroatoms. The monoisotopic (exact) mass is 296 g/mol. The van der Waals surface area contributed by atoms with Crippen LogP contribution < -0.4 is 5.32 Å². The summed E-state index contributed by atoms with van der Waals surface area (Å²) < 4.78 is 0. The Morgan fingerprint density at radius 3 is 2.19 bits per heavy atom. The first-order valence-corrected chi connectivity index (χ1v) is 8.44. The molecule has 1 heterocycles. The molecule has 1 aliphatic heterocycles. The predicted octanol–water partition coefficient (Wildman–Crippen LogP) is 3.11. The highest BCUT2D eigenvalue weighted by atomic mass is 16.2. The topological polar surface area (TPSA) is 49.4 Å². The number of nitrogens with zero attached hydrogens (tertiary/aromatic N) is 1. The third-order valence-electron chi connectivity index (χ3n) is 4.10. The van der Waals surface area contributed by atoms with E-state index in [9.17, 15) is 9.59 Å². The Bertz CT molecular complexity index is 347. The van der Waals surface area contributed by atoms with Gasteiger partial charge >= 0.3 is 0 Å². The van der Waals surface area contributed by atoms with E-state index in [1.165, 1.54) is 32.1 Å². The van der Waals surface area contributed by atoms with E-state index in [2.05, 4.69) is 12.2 Å². The van der Waals surface area contributed by atoms with Gasteiger partial charge in [-0.1, -0.05) is 66.2 Å². The van der Waals surface area contributed by atoms with Gasteiger partial charge < -0.3 is 10.2 Å². The zero-order valence-electron chi connectivity index (χ0n) is 14.2. The number of hydrogen-bond acceptors (Lipinski definition) is 2. The predicted molar refractivity (Wildman–Crippen MR) is 86.0 cm³/mol. The maximum absolute atomic E-state index is 12.4. The van der Waals surface area contributed by atoms with Crippen molar-refractivity contribution in [3.63, 3.8) is 0 Å². The van der Waals surface area contributed by atoms with Crippen molar-refractivity contribution in [3.05, 3.63) is 0 Å². The summed E-state index contributed by atoms with van der Waals surface area (Å²) in [6.45, 7) is 9.14. The number of amides is 2. The third kappa shape index (κ3) is 6.06. The minimum absolute atomic E-state index is 0.0301. The lowest BCUT2D eigenvalue weighted by Gasteiger charge is -2.38. The molecule has 1 saturated heterocycles. The zero-order chi connectivity index (χ0) is 15.9. The minimum Gasteiger partial charge on any atom is -0.342 e. The van der Waals surface area contributed by atoms with Crippen LogP contribution in [0.25, 0.3) is 0 Å². The molecular formula is C17H32N2O2. The fraction of sp³-hybridized carbons (Fsp3) is 0.882. The molecular weight excluding hydrogens is 264 g/mol. The van der Waals surface area contributed by atoms with Crippen molar-refractivity contribution in [2.45, 2.75) is 78.7 Å². The Morgan fingerprint density at radius 1 is 1.05 bits per heavy atom. The van der Waals surface area contributed by atoms with Crippen molar-refractivity contribution in [3.8, 4) is 0 Å². The molecule has 1 fully saturated rings. The molecule has 1 atom stereocenters. The van der Waals surface area contributed by atoms with Gasteiger partial charge in [0.1, 0.15) is 6.04 Å². The van der Waals surface area contributed by atoms with Crippen LogP contribution in [-0.2, 0) is 9.59 Å². The van der Waals surface area contributed by atoms with Gasteiger partial charge in [-0.25, -0.2) is 0 Å². The number of carbonyl (C=O) groups excluding carboxylic acids is 2. The molecule has 2 amide bonds. The number of carbonyl (C=O) groups is 2. The molecule has 122 valence electrons. The second-order valence-electron chi connectivity index (χ2n) is 7.25. The summed E-state index contributed by atoms with van der Waals surface area (Å²) in [6, 6.07) is -0.386. The van der Waals surface area contributed by atoms with E-state index in [4.69, 9.17) is 0 Å². The van der Waals surface area contributed by atoms with Crippen LogP contribution >= 0.6 is 0 Å². The summed E-state index contributed by atoms with van der Waals surface area (Å²) in [7, 11) is 0. The van der Waals surface area contributed by atoms with Crippen LogP contribution in [0, 0.1) is 5.41 Å². The van der Waals surface area contributed by atoms with Crippen LogP contribution in [0.15, 0.2) is 0 Å². The smallest absolute Gasteiger partial charge is 0.246 e. The fourth-order valence-electron chi connectivity index (χ4n) is 2.74. The molecule has 1 N–H and O–H groups in total. The van der Waals surface area contributed by atoms with Crippen LogP contribution in [0.1, 0.15) is 72.6 Å². The second kappa shape index (κ2) is 8.40. The van der Waals surface area contributed by atoms with Gasteiger partial charge in [0, 0.05) is 6.54 Å². The lowest BCUT2D eigenvalue weighted by Crippen LogP contribution is -2.62. The molecule has 1 unspecified atom stereocenters. The largest absolute Gasteiger partial charge is 0.342 e. The van der Waals surface area contributed by atoms with Crippen LogP contribution in [0.5, 0.6) is 0 Å². The van der Waals surface area contributed by atoms with Gasteiger partial charge in [0.2, 0.25) is 11.8 Å². The Hall–Kier alpha value is -1.06. The zero-order valence-corrected chi connectivity index (χ0v) is 14.2. The second-order valence-corrected chi connectivity index (χ2v) is 7.25. The van der Waals surface area contributed by atoms with Crippen molar-refractivity contribution in [2.75, 3.05) is 13.1 Å². The minimum atomic E-state index is -0.386. The van der Waals surface area contributed by atoms with Gasteiger partial charge in [0.25, 0.3) is 0 Å². The lowest BCUT2D eigenvalue weighted by atomic mass is 9.84. The van der Waals surface area contributed by atoms with E-state index in [0.717, 1.165) is 12.8 Å². The molecule has 0 aromatic carbocycles. The van der Waals surface area contributed by atoms with Gasteiger partial charge in [0.15, 0.2) is 0 Å². The van der Waals surface area contributed by atoms with Crippen molar-refractivity contribution < 1.29 is 9.59 Å². The summed E-state index contributed by atoms with van der Waals surface area (Å²) in [6.07, 6.45) is 8.57. The normalized spacial score (nSPS) is 19.8. The summed E-state index contributed by atoms with van der Waals surface area (Å²) in [4.78, 5) is 25.9. The summed E-state index contributed by atoms with van der Waals surface area (Å²) in [5.41, 5.74) is -0.231. The van der Waals surface area contributed by atoms with Crippen molar-refractivity contribution >= 4 is 11.8 Å². The van der Waals surface area contributed by atoms with E-state index in [1.807, 2.05) is 20.8 Å². The van der Waals surface area contributed by atoms with Gasteiger partial charge in [0.05, 0.1) is 6.54 Å². The molecule has 0 spiro atoms. The highest BCUT2D eigenvalue weighted by molar-refractivity contribution is 5.95. The maximum atomic E-state index is 12.4. The van der Waals surface area contributed by atoms with E-state index in [0.29, 0.717) is 6.54 Å². The number of hydrogen-bond donors (Lipinski definition) is 1. The van der Waals surface area contributed by atoms with Gasteiger partial charge in [-0.05, 0) is 11.8 Å². The maximum Gasteiger partial charge on any atom is 0.246 e. The standard InChI is InChI=1S/C17H32N2O2/c1-5-6-7-8-9-10-11-12-19-13-14(20)18-15(16(19)21)17(2,3)4/h15H,5-13H2,1-4H3,(H,18,20). The Kier molecular flexibility index (Phi) is 7.20.